The molecule has 0 radical (unpaired) electrons. The molecule has 0 spiro atoms. The van der Waals surface area contributed by atoms with Gasteiger partial charge in [0.05, 0.1) is 5.56 Å². The summed E-state index contributed by atoms with van der Waals surface area (Å²) < 4.78 is 5.18. The molecule has 1 amide bonds. The molecule has 1 aromatic rings. The third-order valence-corrected chi connectivity index (χ3v) is 5.88. The maximum atomic E-state index is 12.1. The minimum absolute atomic E-state index is 0.152. The van der Waals surface area contributed by atoms with Gasteiger partial charge in [-0.1, -0.05) is 48.3 Å². The van der Waals surface area contributed by atoms with Crippen LogP contribution in [0.2, 0.25) is 0 Å². The lowest BCUT2D eigenvalue weighted by molar-refractivity contribution is -0.125. The number of rotatable bonds is 13. The van der Waals surface area contributed by atoms with E-state index >= 15 is 0 Å². The van der Waals surface area contributed by atoms with E-state index in [-0.39, 0.29) is 17.8 Å². The second-order valence-corrected chi connectivity index (χ2v) is 8.29. The second kappa shape index (κ2) is 14.0. The highest BCUT2D eigenvalue weighted by molar-refractivity contribution is 8.76. The molecule has 0 saturated heterocycles. The number of aromatic nitrogens is 1. The van der Waals surface area contributed by atoms with Crippen molar-refractivity contribution in [3.63, 3.8) is 0 Å². The first-order valence-electron chi connectivity index (χ1n) is 8.78. The number of esters is 1. The van der Waals surface area contributed by atoms with Crippen molar-refractivity contribution in [3.05, 3.63) is 30.1 Å². The van der Waals surface area contributed by atoms with E-state index in [1.54, 1.807) is 39.9 Å². The van der Waals surface area contributed by atoms with Gasteiger partial charge in [0.2, 0.25) is 5.91 Å². The smallest absolute Gasteiger partial charge is 0.339 e. The zero-order valence-electron chi connectivity index (χ0n) is 15.0. The van der Waals surface area contributed by atoms with Crippen molar-refractivity contribution < 1.29 is 14.3 Å². The summed E-state index contributed by atoms with van der Waals surface area (Å²) in [5.41, 5.74) is 0.469. The molecular weight excluding hydrogens is 356 g/mol. The number of nitrogens with one attached hydrogen (secondary N) is 1. The largest absolute Gasteiger partial charge is 0.461 e. The molecule has 0 unspecified atom stereocenters. The molecule has 1 N–H and O–H groups in total. The normalized spacial score (nSPS) is 10.7. The van der Waals surface area contributed by atoms with Crippen molar-refractivity contribution in [2.24, 2.45) is 5.92 Å². The number of nitrogens with zero attached hydrogens (tertiary/aromatic N) is 1. The SMILES string of the molecule is CCCC(CCC)C(=O)NCCSSCCOC(=O)c1cccnc1. The van der Waals surface area contributed by atoms with Crippen LogP contribution in [0.25, 0.3) is 0 Å². The standard InChI is InChI=1S/C18H28N2O3S2/c1-3-6-15(7-4-2)17(21)20-10-12-24-25-13-11-23-18(22)16-8-5-9-19-14-16/h5,8-9,14-15H,3-4,6-7,10-13H2,1-2H3,(H,20,21). The monoisotopic (exact) mass is 384 g/mol. The van der Waals surface area contributed by atoms with Crippen LogP contribution in [0.5, 0.6) is 0 Å². The van der Waals surface area contributed by atoms with Crippen LogP contribution in [0.3, 0.4) is 0 Å². The van der Waals surface area contributed by atoms with Crippen LogP contribution >= 0.6 is 21.6 Å². The first-order valence-corrected chi connectivity index (χ1v) is 11.3. The van der Waals surface area contributed by atoms with Gasteiger partial charge < -0.3 is 10.1 Å². The molecule has 1 rings (SSSR count). The molecule has 1 aromatic heterocycles. The van der Waals surface area contributed by atoms with Crippen LogP contribution < -0.4 is 5.32 Å². The highest BCUT2D eigenvalue weighted by atomic mass is 33.1. The molecule has 0 aliphatic rings. The Morgan fingerprint density at radius 2 is 1.92 bits per heavy atom. The molecule has 0 aromatic carbocycles. The van der Waals surface area contributed by atoms with Crippen molar-refractivity contribution in [2.75, 3.05) is 24.7 Å². The molecule has 25 heavy (non-hydrogen) atoms. The van der Waals surface area contributed by atoms with Gasteiger partial charge in [-0.05, 0) is 25.0 Å². The Kier molecular flexibility index (Phi) is 12.2. The van der Waals surface area contributed by atoms with Crippen molar-refractivity contribution in [1.29, 1.82) is 0 Å². The summed E-state index contributed by atoms with van der Waals surface area (Å²) in [5, 5.41) is 3.02. The highest BCUT2D eigenvalue weighted by Gasteiger charge is 2.15. The Morgan fingerprint density at radius 1 is 1.20 bits per heavy atom. The fourth-order valence-electron chi connectivity index (χ4n) is 2.32. The van der Waals surface area contributed by atoms with Gasteiger partial charge in [-0.3, -0.25) is 9.78 Å². The lowest BCUT2D eigenvalue weighted by Gasteiger charge is -2.14. The van der Waals surface area contributed by atoms with E-state index in [0.717, 1.165) is 37.2 Å². The fraction of sp³-hybridized carbons (Fsp3) is 0.611. The van der Waals surface area contributed by atoms with E-state index in [9.17, 15) is 9.59 Å². The zero-order chi connectivity index (χ0) is 18.3. The quantitative estimate of drug-likeness (QED) is 0.315. The molecule has 5 nitrogen and oxygen atoms in total. The first kappa shape index (κ1) is 21.8. The Labute approximate surface area is 158 Å². The molecule has 0 atom stereocenters. The minimum Gasteiger partial charge on any atom is -0.461 e. The Hall–Kier alpha value is -1.21. The van der Waals surface area contributed by atoms with Crippen molar-refractivity contribution in [3.8, 4) is 0 Å². The van der Waals surface area contributed by atoms with E-state index in [4.69, 9.17) is 4.74 Å². The lowest BCUT2D eigenvalue weighted by Crippen LogP contribution is -2.32. The van der Waals surface area contributed by atoms with Gasteiger partial charge in [0.1, 0.15) is 6.61 Å². The first-order chi connectivity index (χ1) is 12.2. The van der Waals surface area contributed by atoms with E-state index in [1.165, 1.54) is 6.20 Å². The predicted molar refractivity (Wildman–Crippen MR) is 106 cm³/mol. The molecule has 0 aliphatic heterocycles. The molecule has 0 bridgehead atoms. The molecule has 0 fully saturated rings. The Bertz CT molecular complexity index is 494. The maximum Gasteiger partial charge on any atom is 0.339 e. The summed E-state index contributed by atoms with van der Waals surface area (Å²) in [6.45, 7) is 5.27. The average Bonchev–Trinajstić information content (AvgIpc) is 2.64. The van der Waals surface area contributed by atoms with Crippen molar-refractivity contribution >= 4 is 33.5 Å². The number of carbonyl (C=O) groups is 2. The van der Waals surface area contributed by atoms with E-state index < -0.39 is 0 Å². The van der Waals surface area contributed by atoms with Crippen LogP contribution in [0.15, 0.2) is 24.5 Å². The van der Waals surface area contributed by atoms with Gasteiger partial charge in [-0.25, -0.2) is 4.79 Å². The topological polar surface area (TPSA) is 68.3 Å². The summed E-state index contributed by atoms with van der Waals surface area (Å²) in [5.74, 6) is 1.56. The molecule has 7 heteroatoms. The Balaban J connectivity index is 2.03. The molecule has 0 aliphatic carbocycles. The molecular formula is C18H28N2O3S2. The van der Waals surface area contributed by atoms with Crippen LogP contribution in [-0.4, -0.2) is 41.5 Å². The van der Waals surface area contributed by atoms with Gasteiger partial charge in [-0.15, -0.1) is 0 Å². The summed E-state index contributed by atoms with van der Waals surface area (Å²) in [6.07, 6.45) is 7.13. The number of pyridine rings is 1. The van der Waals surface area contributed by atoms with Crippen LogP contribution in [0.1, 0.15) is 49.9 Å². The third-order valence-electron chi connectivity index (χ3n) is 3.51. The maximum absolute atomic E-state index is 12.1. The van der Waals surface area contributed by atoms with E-state index in [2.05, 4.69) is 24.1 Å². The van der Waals surface area contributed by atoms with Crippen molar-refractivity contribution in [1.82, 2.24) is 10.3 Å². The van der Waals surface area contributed by atoms with Crippen LogP contribution in [0, 0.1) is 5.92 Å². The molecule has 140 valence electrons. The highest BCUT2D eigenvalue weighted by Crippen LogP contribution is 2.20. The minimum atomic E-state index is -0.344. The third kappa shape index (κ3) is 9.75. The van der Waals surface area contributed by atoms with Gasteiger partial charge in [0, 0.05) is 36.4 Å². The summed E-state index contributed by atoms with van der Waals surface area (Å²) >= 11 is 0. The van der Waals surface area contributed by atoms with Gasteiger partial charge in [0.15, 0.2) is 0 Å². The number of hydrogen-bond acceptors (Lipinski definition) is 6. The van der Waals surface area contributed by atoms with Gasteiger partial charge in [0.25, 0.3) is 0 Å². The number of hydrogen-bond donors (Lipinski definition) is 1. The van der Waals surface area contributed by atoms with E-state index in [1.807, 2.05) is 0 Å². The second-order valence-electron chi connectivity index (χ2n) is 5.59. The number of ether oxygens (including phenoxy) is 1. The number of amides is 1. The molecule has 0 saturated carbocycles. The summed E-state index contributed by atoms with van der Waals surface area (Å²) in [6, 6.07) is 3.39. The number of carbonyl (C=O) groups excluding carboxylic acids is 2. The summed E-state index contributed by atoms with van der Waals surface area (Å²) in [7, 11) is 3.32. The fourth-order valence-corrected chi connectivity index (χ4v) is 4.05. The van der Waals surface area contributed by atoms with Crippen molar-refractivity contribution in [2.45, 2.75) is 39.5 Å². The van der Waals surface area contributed by atoms with Gasteiger partial charge in [-0.2, -0.15) is 0 Å². The summed E-state index contributed by atoms with van der Waals surface area (Å²) in [4.78, 5) is 27.7. The lowest BCUT2D eigenvalue weighted by atomic mass is 9.97. The molecule has 1 heterocycles. The van der Waals surface area contributed by atoms with E-state index in [0.29, 0.717) is 18.7 Å². The average molecular weight is 385 g/mol. The Morgan fingerprint density at radius 3 is 2.56 bits per heavy atom. The predicted octanol–water partition coefficient (Wildman–Crippen LogP) is 3.95. The zero-order valence-corrected chi connectivity index (χ0v) is 16.7. The van der Waals surface area contributed by atoms with Crippen LogP contribution in [-0.2, 0) is 9.53 Å². The van der Waals surface area contributed by atoms with Gasteiger partial charge >= 0.3 is 5.97 Å². The van der Waals surface area contributed by atoms with Crippen LogP contribution in [0.4, 0.5) is 0 Å².